The second-order valence-corrected chi connectivity index (χ2v) is 4.13. The average molecular weight is 212 g/mol. The highest BCUT2D eigenvalue weighted by molar-refractivity contribution is 7.18. The van der Waals surface area contributed by atoms with E-state index in [4.69, 9.17) is 0 Å². The van der Waals surface area contributed by atoms with Gasteiger partial charge in [0.1, 0.15) is 0 Å². The SMILES string of the molecule is CC(=O)Nc1ccc(C(=O)N(C)C)s1. The summed E-state index contributed by atoms with van der Waals surface area (Å²) in [5, 5.41) is 3.32. The molecule has 0 saturated carbocycles. The first-order valence-electron chi connectivity index (χ1n) is 4.10. The number of thiophene rings is 1. The second kappa shape index (κ2) is 4.23. The number of hydrogen-bond acceptors (Lipinski definition) is 3. The zero-order chi connectivity index (χ0) is 10.7. The summed E-state index contributed by atoms with van der Waals surface area (Å²) < 4.78 is 0. The molecule has 0 aromatic carbocycles. The number of carbonyl (C=O) groups is 2. The third-order valence-electron chi connectivity index (χ3n) is 1.52. The highest BCUT2D eigenvalue weighted by Crippen LogP contribution is 2.22. The van der Waals surface area contributed by atoms with Crippen LogP contribution in [0.5, 0.6) is 0 Å². The Morgan fingerprint density at radius 2 is 2.00 bits per heavy atom. The normalized spacial score (nSPS) is 9.64. The quantitative estimate of drug-likeness (QED) is 0.805. The molecule has 0 spiro atoms. The van der Waals surface area contributed by atoms with Crippen LogP contribution in [0.3, 0.4) is 0 Å². The Morgan fingerprint density at radius 3 is 2.50 bits per heavy atom. The van der Waals surface area contributed by atoms with E-state index in [0.717, 1.165) is 0 Å². The van der Waals surface area contributed by atoms with Gasteiger partial charge >= 0.3 is 0 Å². The summed E-state index contributed by atoms with van der Waals surface area (Å²) in [5.74, 6) is -0.178. The first kappa shape index (κ1) is 10.7. The van der Waals surface area contributed by atoms with E-state index in [9.17, 15) is 9.59 Å². The zero-order valence-electron chi connectivity index (χ0n) is 8.33. The lowest BCUT2D eigenvalue weighted by atomic mass is 10.4. The van der Waals surface area contributed by atoms with Gasteiger partial charge in [-0.15, -0.1) is 11.3 Å². The lowest BCUT2D eigenvalue weighted by Crippen LogP contribution is -2.20. The van der Waals surface area contributed by atoms with Crippen LogP contribution in [0.25, 0.3) is 0 Å². The van der Waals surface area contributed by atoms with Crippen molar-refractivity contribution in [2.45, 2.75) is 6.92 Å². The minimum atomic E-state index is -0.129. The predicted molar refractivity (Wildman–Crippen MR) is 56.6 cm³/mol. The molecule has 76 valence electrons. The van der Waals surface area contributed by atoms with Crippen LogP contribution in [0.4, 0.5) is 5.00 Å². The largest absolute Gasteiger partial charge is 0.344 e. The molecule has 0 aliphatic carbocycles. The Bertz CT molecular complexity index is 357. The smallest absolute Gasteiger partial charge is 0.263 e. The van der Waals surface area contributed by atoms with Crippen molar-refractivity contribution in [2.75, 3.05) is 19.4 Å². The summed E-state index contributed by atoms with van der Waals surface area (Å²) in [6.45, 7) is 1.44. The van der Waals surface area contributed by atoms with Gasteiger partial charge in [-0.05, 0) is 12.1 Å². The fourth-order valence-corrected chi connectivity index (χ4v) is 1.89. The maximum absolute atomic E-state index is 11.5. The first-order chi connectivity index (χ1) is 6.50. The van der Waals surface area contributed by atoms with Gasteiger partial charge in [-0.1, -0.05) is 0 Å². The molecule has 14 heavy (non-hydrogen) atoms. The van der Waals surface area contributed by atoms with Crippen molar-refractivity contribution in [3.05, 3.63) is 17.0 Å². The summed E-state index contributed by atoms with van der Waals surface area (Å²) in [7, 11) is 3.39. The molecule has 0 bridgehead atoms. The standard InChI is InChI=1S/C9H12N2O2S/c1-6(12)10-8-5-4-7(14-8)9(13)11(2)3/h4-5H,1-3H3,(H,10,12). The van der Waals surface area contributed by atoms with Gasteiger partial charge in [0.05, 0.1) is 9.88 Å². The highest BCUT2D eigenvalue weighted by Gasteiger charge is 2.10. The van der Waals surface area contributed by atoms with E-state index in [1.54, 1.807) is 26.2 Å². The van der Waals surface area contributed by atoms with Crippen LogP contribution in [0, 0.1) is 0 Å². The molecule has 4 nitrogen and oxygen atoms in total. The van der Waals surface area contributed by atoms with Crippen LogP contribution in [0.15, 0.2) is 12.1 Å². The van der Waals surface area contributed by atoms with E-state index in [2.05, 4.69) is 5.32 Å². The topological polar surface area (TPSA) is 49.4 Å². The monoisotopic (exact) mass is 212 g/mol. The van der Waals surface area contributed by atoms with E-state index in [1.165, 1.54) is 23.2 Å². The Balaban J connectivity index is 2.77. The van der Waals surface area contributed by atoms with Gasteiger partial charge in [-0.3, -0.25) is 9.59 Å². The van der Waals surface area contributed by atoms with Crippen LogP contribution in [-0.4, -0.2) is 30.8 Å². The number of nitrogens with zero attached hydrogens (tertiary/aromatic N) is 1. The van der Waals surface area contributed by atoms with Crippen molar-refractivity contribution >= 4 is 28.2 Å². The maximum Gasteiger partial charge on any atom is 0.263 e. The molecule has 1 aromatic rings. The summed E-state index contributed by atoms with van der Waals surface area (Å²) in [6.07, 6.45) is 0. The number of carbonyl (C=O) groups excluding carboxylic acids is 2. The molecule has 1 N–H and O–H groups in total. The van der Waals surface area contributed by atoms with E-state index in [-0.39, 0.29) is 11.8 Å². The van der Waals surface area contributed by atoms with Gasteiger partial charge in [-0.2, -0.15) is 0 Å². The van der Waals surface area contributed by atoms with Crippen LogP contribution >= 0.6 is 11.3 Å². The third kappa shape index (κ3) is 2.56. The van der Waals surface area contributed by atoms with Gasteiger partial charge in [-0.25, -0.2) is 0 Å². The zero-order valence-corrected chi connectivity index (χ0v) is 9.14. The Kier molecular flexibility index (Phi) is 3.24. The third-order valence-corrected chi connectivity index (χ3v) is 2.51. The first-order valence-corrected chi connectivity index (χ1v) is 4.91. The molecule has 2 amide bonds. The minimum absolute atomic E-state index is 0.0494. The molecule has 0 fully saturated rings. The summed E-state index contributed by atoms with van der Waals surface area (Å²) in [5.41, 5.74) is 0. The molecule has 0 saturated heterocycles. The van der Waals surface area contributed by atoms with Crippen molar-refractivity contribution in [1.29, 1.82) is 0 Å². The van der Waals surface area contributed by atoms with Crippen molar-refractivity contribution in [2.24, 2.45) is 0 Å². The van der Waals surface area contributed by atoms with E-state index in [1.807, 2.05) is 0 Å². The number of nitrogens with one attached hydrogen (secondary N) is 1. The van der Waals surface area contributed by atoms with Gasteiger partial charge in [0.25, 0.3) is 5.91 Å². The van der Waals surface area contributed by atoms with Crippen molar-refractivity contribution < 1.29 is 9.59 Å². The molecule has 1 aromatic heterocycles. The van der Waals surface area contributed by atoms with Gasteiger partial charge in [0.2, 0.25) is 5.91 Å². The van der Waals surface area contributed by atoms with Gasteiger partial charge in [0, 0.05) is 21.0 Å². The Labute approximate surface area is 86.5 Å². The lowest BCUT2D eigenvalue weighted by molar-refractivity contribution is -0.114. The molecule has 5 heteroatoms. The predicted octanol–water partition coefficient (Wildman–Crippen LogP) is 1.41. The van der Waals surface area contributed by atoms with Crippen molar-refractivity contribution in [3.8, 4) is 0 Å². The molecule has 0 radical (unpaired) electrons. The van der Waals surface area contributed by atoms with Crippen LogP contribution < -0.4 is 5.32 Å². The van der Waals surface area contributed by atoms with Crippen molar-refractivity contribution in [1.82, 2.24) is 4.90 Å². The minimum Gasteiger partial charge on any atom is -0.344 e. The molecule has 1 heterocycles. The average Bonchev–Trinajstić information content (AvgIpc) is 2.50. The second-order valence-electron chi connectivity index (χ2n) is 3.04. The number of hydrogen-bond donors (Lipinski definition) is 1. The van der Waals surface area contributed by atoms with E-state index in [0.29, 0.717) is 9.88 Å². The molecular weight excluding hydrogens is 200 g/mol. The summed E-state index contributed by atoms with van der Waals surface area (Å²) in [4.78, 5) is 24.3. The lowest BCUT2D eigenvalue weighted by Gasteiger charge is -2.07. The van der Waals surface area contributed by atoms with Crippen LogP contribution in [-0.2, 0) is 4.79 Å². The van der Waals surface area contributed by atoms with Crippen LogP contribution in [0.2, 0.25) is 0 Å². The fraction of sp³-hybridized carbons (Fsp3) is 0.333. The Hall–Kier alpha value is -1.36. The summed E-state index contributed by atoms with van der Waals surface area (Å²) in [6, 6.07) is 3.43. The van der Waals surface area contributed by atoms with Gasteiger partial charge < -0.3 is 10.2 Å². The fourth-order valence-electron chi connectivity index (χ4n) is 0.914. The number of anilines is 1. The molecule has 0 aliphatic heterocycles. The molecule has 0 unspecified atom stereocenters. The number of rotatable bonds is 2. The molecule has 0 aliphatic rings. The van der Waals surface area contributed by atoms with E-state index < -0.39 is 0 Å². The maximum atomic E-state index is 11.5. The van der Waals surface area contributed by atoms with Gasteiger partial charge in [0.15, 0.2) is 0 Å². The van der Waals surface area contributed by atoms with Crippen molar-refractivity contribution in [3.63, 3.8) is 0 Å². The molecule has 1 rings (SSSR count). The Morgan fingerprint density at radius 1 is 1.36 bits per heavy atom. The van der Waals surface area contributed by atoms with Crippen LogP contribution in [0.1, 0.15) is 16.6 Å². The van der Waals surface area contributed by atoms with E-state index >= 15 is 0 Å². The number of amides is 2. The molecular formula is C9H12N2O2S. The highest BCUT2D eigenvalue weighted by atomic mass is 32.1. The summed E-state index contributed by atoms with van der Waals surface area (Å²) >= 11 is 1.27. The molecule has 0 atom stereocenters.